The van der Waals surface area contributed by atoms with Crippen LogP contribution in [-0.2, 0) is 0 Å². The summed E-state index contributed by atoms with van der Waals surface area (Å²) >= 11 is 4.55. The molecule has 3 aromatic rings. The van der Waals surface area contributed by atoms with E-state index in [1.54, 1.807) is 0 Å². The highest BCUT2D eigenvalue weighted by Gasteiger charge is 2.13. The Morgan fingerprint density at radius 1 is 1.31 bits per heavy atom. The highest BCUT2D eigenvalue weighted by Crippen LogP contribution is 2.31. The Morgan fingerprint density at radius 2 is 2.12 bits per heavy atom. The highest BCUT2D eigenvalue weighted by molar-refractivity contribution is 14.1. The Kier molecular flexibility index (Phi) is 6.19. The predicted octanol–water partition coefficient (Wildman–Crippen LogP) is 5.93. The SMILES string of the molecule is CCCOc1c(I)cc(I)cc1C=C(C#N)c1nc2ccc(C)cc2[nH]1. The molecule has 4 nitrogen and oxygen atoms in total. The second kappa shape index (κ2) is 8.39. The van der Waals surface area contributed by atoms with Crippen LogP contribution < -0.4 is 4.74 Å². The number of halogens is 2. The zero-order valence-electron chi connectivity index (χ0n) is 14.4. The van der Waals surface area contributed by atoms with E-state index in [1.807, 2.05) is 37.3 Å². The number of nitrogens with zero attached hydrogens (tertiary/aromatic N) is 2. The topological polar surface area (TPSA) is 61.7 Å². The van der Waals surface area contributed by atoms with Gasteiger partial charge in [0, 0.05) is 9.13 Å². The molecule has 2 aromatic carbocycles. The van der Waals surface area contributed by atoms with Crippen LogP contribution in [0.5, 0.6) is 5.75 Å². The van der Waals surface area contributed by atoms with E-state index in [2.05, 4.69) is 74.2 Å². The number of allylic oxidation sites excluding steroid dienone is 1. The maximum Gasteiger partial charge on any atom is 0.149 e. The second-order valence-electron chi connectivity index (χ2n) is 5.93. The Balaban J connectivity index is 2.09. The first-order valence-corrected chi connectivity index (χ1v) is 10.4. The van der Waals surface area contributed by atoms with Gasteiger partial charge in [0.2, 0.25) is 0 Å². The normalized spacial score (nSPS) is 11.6. The molecular weight excluding hydrogens is 552 g/mol. The molecule has 1 N–H and O–H groups in total. The second-order valence-corrected chi connectivity index (χ2v) is 8.34. The van der Waals surface area contributed by atoms with E-state index in [-0.39, 0.29) is 0 Å². The molecule has 0 fully saturated rings. The number of rotatable bonds is 5. The van der Waals surface area contributed by atoms with Crippen LogP contribution in [-0.4, -0.2) is 16.6 Å². The number of H-pyrrole nitrogens is 1. The Labute approximate surface area is 179 Å². The number of imidazole rings is 1. The van der Waals surface area contributed by atoms with Crippen molar-refractivity contribution in [3.8, 4) is 11.8 Å². The monoisotopic (exact) mass is 569 g/mol. The van der Waals surface area contributed by atoms with Crippen molar-refractivity contribution in [2.75, 3.05) is 6.61 Å². The minimum atomic E-state index is 0.484. The van der Waals surface area contributed by atoms with Gasteiger partial charge >= 0.3 is 0 Å². The molecule has 1 aromatic heterocycles. The fraction of sp³-hybridized carbons (Fsp3) is 0.200. The number of benzene rings is 2. The van der Waals surface area contributed by atoms with E-state index in [0.717, 1.165) is 41.5 Å². The van der Waals surface area contributed by atoms with Gasteiger partial charge in [0.05, 0.1) is 26.8 Å². The van der Waals surface area contributed by atoms with Crippen LogP contribution in [0.3, 0.4) is 0 Å². The van der Waals surface area contributed by atoms with Crippen molar-refractivity contribution < 1.29 is 4.74 Å². The van der Waals surface area contributed by atoms with E-state index in [9.17, 15) is 5.26 Å². The lowest BCUT2D eigenvalue weighted by Gasteiger charge is -2.11. The van der Waals surface area contributed by atoms with Crippen LogP contribution in [0.25, 0.3) is 22.7 Å². The van der Waals surface area contributed by atoms with Gasteiger partial charge in [-0.25, -0.2) is 4.98 Å². The summed E-state index contributed by atoms with van der Waals surface area (Å²) in [6, 6.07) is 12.4. The number of aromatic amines is 1. The summed E-state index contributed by atoms with van der Waals surface area (Å²) in [5.41, 5.74) is 4.31. The zero-order valence-corrected chi connectivity index (χ0v) is 18.8. The third kappa shape index (κ3) is 4.20. The molecule has 0 saturated carbocycles. The lowest BCUT2D eigenvalue weighted by atomic mass is 10.1. The third-order valence-corrected chi connectivity index (χ3v) is 5.22. The van der Waals surface area contributed by atoms with Crippen LogP contribution in [0.15, 0.2) is 30.3 Å². The summed E-state index contributed by atoms with van der Waals surface area (Å²) in [7, 11) is 0. The first kappa shape index (κ1) is 19.2. The summed E-state index contributed by atoms with van der Waals surface area (Å²) in [5.74, 6) is 1.39. The van der Waals surface area contributed by atoms with E-state index < -0.39 is 0 Å². The van der Waals surface area contributed by atoms with Crippen LogP contribution in [0.4, 0.5) is 0 Å². The first-order valence-electron chi connectivity index (χ1n) is 8.22. The van der Waals surface area contributed by atoms with E-state index in [1.165, 1.54) is 0 Å². The molecule has 3 rings (SSSR count). The van der Waals surface area contributed by atoms with Gasteiger partial charge in [0.25, 0.3) is 0 Å². The third-order valence-electron chi connectivity index (χ3n) is 3.80. The molecule has 0 saturated heterocycles. The molecule has 0 aliphatic carbocycles. The van der Waals surface area contributed by atoms with Gasteiger partial charge in [-0.2, -0.15) is 5.26 Å². The lowest BCUT2D eigenvalue weighted by molar-refractivity contribution is 0.314. The standard InChI is InChI=1S/C20H17I2N3O/c1-3-6-26-19-13(9-15(21)10-16(19)22)8-14(11-23)20-24-17-5-4-12(2)7-18(17)25-20/h4-5,7-10H,3,6H2,1-2H3,(H,24,25). The molecule has 132 valence electrons. The van der Waals surface area contributed by atoms with Crippen LogP contribution in [0, 0.1) is 25.4 Å². The molecule has 0 bridgehead atoms. The first-order chi connectivity index (χ1) is 12.5. The minimum absolute atomic E-state index is 0.484. The highest BCUT2D eigenvalue weighted by atomic mass is 127. The van der Waals surface area contributed by atoms with Crippen LogP contribution in [0.1, 0.15) is 30.3 Å². The van der Waals surface area contributed by atoms with Crippen molar-refractivity contribution >= 4 is 67.9 Å². The van der Waals surface area contributed by atoms with Crippen molar-refractivity contribution in [1.82, 2.24) is 9.97 Å². The average Bonchev–Trinajstić information content (AvgIpc) is 3.01. The molecular formula is C20H17I2N3O. The van der Waals surface area contributed by atoms with Crippen molar-refractivity contribution in [3.63, 3.8) is 0 Å². The lowest BCUT2D eigenvalue weighted by Crippen LogP contribution is -2.00. The van der Waals surface area contributed by atoms with E-state index >= 15 is 0 Å². The van der Waals surface area contributed by atoms with Gasteiger partial charge in [-0.3, -0.25) is 0 Å². The van der Waals surface area contributed by atoms with Crippen molar-refractivity contribution in [2.24, 2.45) is 0 Å². The number of aryl methyl sites for hydroxylation is 1. The van der Waals surface area contributed by atoms with Crippen molar-refractivity contribution in [3.05, 3.63) is 54.4 Å². The Hall–Kier alpha value is -1.60. The fourth-order valence-corrected chi connectivity index (χ4v) is 4.65. The molecule has 0 radical (unpaired) electrons. The summed E-state index contributed by atoms with van der Waals surface area (Å²) in [5, 5.41) is 9.70. The van der Waals surface area contributed by atoms with E-state index in [0.29, 0.717) is 18.0 Å². The number of hydrogen-bond donors (Lipinski definition) is 1. The molecule has 1 heterocycles. The molecule has 0 aliphatic heterocycles. The number of aromatic nitrogens is 2. The van der Waals surface area contributed by atoms with Gasteiger partial charge in [-0.1, -0.05) is 13.0 Å². The van der Waals surface area contributed by atoms with Crippen LogP contribution >= 0.6 is 45.2 Å². The van der Waals surface area contributed by atoms with Crippen molar-refractivity contribution in [1.29, 1.82) is 5.26 Å². The molecule has 0 unspecified atom stereocenters. The van der Waals surface area contributed by atoms with Gasteiger partial charge in [0.1, 0.15) is 17.6 Å². The van der Waals surface area contributed by atoms with Crippen LogP contribution in [0.2, 0.25) is 0 Å². The summed E-state index contributed by atoms with van der Waals surface area (Å²) in [6.07, 6.45) is 2.78. The maximum absolute atomic E-state index is 9.70. The number of hydrogen-bond acceptors (Lipinski definition) is 3. The number of nitrogens with one attached hydrogen (secondary N) is 1. The maximum atomic E-state index is 9.70. The molecule has 0 amide bonds. The molecule has 0 atom stereocenters. The summed E-state index contributed by atoms with van der Waals surface area (Å²) in [4.78, 5) is 7.82. The largest absolute Gasteiger partial charge is 0.492 e. The smallest absolute Gasteiger partial charge is 0.149 e. The molecule has 0 spiro atoms. The van der Waals surface area contributed by atoms with E-state index in [4.69, 9.17) is 4.74 Å². The van der Waals surface area contributed by atoms with Gasteiger partial charge < -0.3 is 9.72 Å². The molecule has 26 heavy (non-hydrogen) atoms. The fourth-order valence-electron chi connectivity index (χ4n) is 2.60. The number of fused-ring (bicyclic) bond motifs is 1. The molecule has 6 heteroatoms. The van der Waals surface area contributed by atoms with Gasteiger partial charge in [-0.05, 0) is 94.4 Å². The predicted molar refractivity (Wildman–Crippen MR) is 122 cm³/mol. The quantitative estimate of drug-likeness (QED) is 0.306. The summed E-state index contributed by atoms with van der Waals surface area (Å²) < 4.78 is 8.06. The zero-order chi connectivity index (χ0) is 18.7. The number of nitriles is 1. The summed E-state index contributed by atoms with van der Waals surface area (Å²) in [6.45, 7) is 4.75. The Bertz CT molecular complexity index is 1030. The van der Waals surface area contributed by atoms with Gasteiger partial charge in [-0.15, -0.1) is 0 Å². The van der Waals surface area contributed by atoms with Gasteiger partial charge in [0.15, 0.2) is 0 Å². The average molecular weight is 569 g/mol. The minimum Gasteiger partial charge on any atom is -0.492 e. The Morgan fingerprint density at radius 3 is 2.85 bits per heavy atom. The molecule has 0 aliphatic rings. The van der Waals surface area contributed by atoms with Crippen molar-refractivity contribution in [2.45, 2.75) is 20.3 Å². The number of ether oxygens (including phenoxy) is 1.